The predicted octanol–water partition coefficient (Wildman–Crippen LogP) is 2.38. The molecule has 144 valence electrons. The Morgan fingerprint density at radius 1 is 1.19 bits per heavy atom. The summed E-state index contributed by atoms with van der Waals surface area (Å²) in [7, 11) is 2.10. The fourth-order valence-electron chi connectivity index (χ4n) is 3.66. The van der Waals surface area contributed by atoms with Crippen LogP contribution in [-0.4, -0.2) is 67.6 Å². The summed E-state index contributed by atoms with van der Waals surface area (Å²) in [6, 6.07) is -0.210. The second-order valence-corrected chi connectivity index (χ2v) is 8.25. The van der Waals surface area contributed by atoms with Crippen LogP contribution in [0.2, 0.25) is 0 Å². The van der Waals surface area contributed by atoms with E-state index in [1.807, 2.05) is 13.8 Å². The van der Waals surface area contributed by atoms with Crippen molar-refractivity contribution in [3.63, 3.8) is 0 Å². The van der Waals surface area contributed by atoms with Crippen molar-refractivity contribution in [3.8, 4) is 0 Å². The molecule has 0 bridgehead atoms. The monoisotopic (exact) mass is 379 g/mol. The number of rotatable bonds is 5. The van der Waals surface area contributed by atoms with Crippen LogP contribution in [-0.2, 0) is 22.4 Å². The second kappa shape index (κ2) is 8.50. The number of anilines is 1. The Morgan fingerprint density at radius 3 is 2.58 bits per heavy atom. The third-order valence-corrected chi connectivity index (χ3v) is 6.56. The summed E-state index contributed by atoms with van der Waals surface area (Å²) in [5.74, 6) is -0.354. The van der Waals surface area contributed by atoms with Crippen molar-refractivity contribution in [2.75, 3.05) is 45.2 Å². The largest absolute Gasteiger partial charge is 0.462 e. The van der Waals surface area contributed by atoms with E-state index in [2.05, 4.69) is 22.2 Å². The normalized spacial score (nSPS) is 19.7. The molecule has 7 heteroatoms. The average Bonchev–Trinajstić information content (AvgIpc) is 2.99. The Labute approximate surface area is 159 Å². The van der Waals surface area contributed by atoms with E-state index < -0.39 is 0 Å². The zero-order chi connectivity index (χ0) is 18.7. The smallest absolute Gasteiger partial charge is 0.341 e. The first-order valence-electron chi connectivity index (χ1n) is 9.56. The number of aryl methyl sites for hydroxylation is 1. The predicted molar refractivity (Wildman–Crippen MR) is 104 cm³/mol. The van der Waals surface area contributed by atoms with Crippen LogP contribution in [0.4, 0.5) is 5.00 Å². The van der Waals surface area contributed by atoms with Crippen molar-refractivity contribution in [2.45, 2.75) is 45.6 Å². The maximum atomic E-state index is 12.8. The molecule has 2 heterocycles. The van der Waals surface area contributed by atoms with E-state index in [4.69, 9.17) is 4.74 Å². The van der Waals surface area contributed by atoms with Gasteiger partial charge < -0.3 is 15.0 Å². The first-order valence-corrected chi connectivity index (χ1v) is 10.4. The summed E-state index contributed by atoms with van der Waals surface area (Å²) in [6.45, 7) is 7.81. The zero-order valence-corrected chi connectivity index (χ0v) is 16.8. The third-order valence-electron chi connectivity index (χ3n) is 5.35. The molecule has 0 radical (unpaired) electrons. The summed E-state index contributed by atoms with van der Waals surface area (Å²) in [4.78, 5) is 31.0. The number of hydrogen-bond acceptors (Lipinski definition) is 6. The van der Waals surface area contributed by atoms with E-state index in [9.17, 15) is 9.59 Å². The Balaban J connectivity index is 1.77. The average molecular weight is 380 g/mol. The molecular weight excluding hydrogens is 350 g/mol. The van der Waals surface area contributed by atoms with Gasteiger partial charge in [0.15, 0.2) is 0 Å². The molecule has 2 aliphatic rings. The van der Waals surface area contributed by atoms with Gasteiger partial charge in [0.2, 0.25) is 5.91 Å². The Hall–Kier alpha value is -1.44. The van der Waals surface area contributed by atoms with Crippen LogP contribution in [0.15, 0.2) is 0 Å². The number of piperazine rings is 1. The van der Waals surface area contributed by atoms with Gasteiger partial charge in [0.1, 0.15) is 5.00 Å². The van der Waals surface area contributed by atoms with Gasteiger partial charge in [-0.05, 0) is 52.1 Å². The van der Waals surface area contributed by atoms with E-state index in [0.717, 1.165) is 57.4 Å². The maximum absolute atomic E-state index is 12.8. The molecule has 1 unspecified atom stereocenters. The summed E-state index contributed by atoms with van der Waals surface area (Å²) >= 11 is 1.55. The summed E-state index contributed by atoms with van der Waals surface area (Å²) in [5.41, 5.74) is 1.67. The van der Waals surface area contributed by atoms with Crippen molar-refractivity contribution in [1.29, 1.82) is 0 Å². The van der Waals surface area contributed by atoms with Gasteiger partial charge in [0.05, 0.1) is 18.2 Å². The van der Waals surface area contributed by atoms with Crippen LogP contribution < -0.4 is 5.32 Å². The first-order chi connectivity index (χ1) is 12.5. The standard InChI is InChI=1S/C19H29N3O3S/c1-4-25-19(24)16-14-7-5-6-8-15(14)26-18(16)20-17(23)13(2)22-11-9-21(3)10-12-22/h13H,4-12H2,1-3H3,(H,20,23). The highest BCUT2D eigenvalue weighted by atomic mass is 32.1. The maximum Gasteiger partial charge on any atom is 0.341 e. The lowest BCUT2D eigenvalue weighted by Crippen LogP contribution is -2.51. The molecule has 1 atom stereocenters. The minimum atomic E-state index is -0.311. The highest BCUT2D eigenvalue weighted by Crippen LogP contribution is 2.38. The van der Waals surface area contributed by atoms with Gasteiger partial charge in [-0.2, -0.15) is 0 Å². The molecule has 1 N–H and O–H groups in total. The number of thiophene rings is 1. The summed E-state index contributed by atoms with van der Waals surface area (Å²) in [6.07, 6.45) is 4.10. The van der Waals surface area contributed by atoms with Gasteiger partial charge in [-0.15, -0.1) is 11.3 Å². The van der Waals surface area contributed by atoms with Gasteiger partial charge in [-0.1, -0.05) is 0 Å². The number of amides is 1. The molecule has 0 saturated carbocycles. The van der Waals surface area contributed by atoms with Crippen molar-refractivity contribution in [1.82, 2.24) is 9.80 Å². The SMILES string of the molecule is CCOC(=O)c1c(NC(=O)C(C)N2CCN(C)CC2)sc2c1CCCC2. The fourth-order valence-corrected chi connectivity index (χ4v) is 4.94. The second-order valence-electron chi connectivity index (χ2n) is 7.14. The first kappa shape index (κ1) is 19.3. The molecule has 1 aliphatic heterocycles. The molecule has 1 aromatic heterocycles. The van der Waals surface area contributed by atoms with E-state index >= 15 is 0 Å². The van der Waals surface area contributed by atoms with E-state index in [0.29, 0.717) is 17.2 Å². The highest BCUT2D eigenvalue weighted by molar-refractivity contribution is 7.17. The number of fused-ring (bicyclic) bond motifs is 1. The van der Waals surface area contributed by atoms with Crippen LogP contribution in [0.1, 0.15) is 47.5 Å². The van der Waals surface area contributed by atoms with Crippen LogP contribution in [0.5, 0.6) is 0 Å². The molecule has 3 rings (SSSR count). The third kappa shape index (κ3) is 4.10. The molecule has 0 aromatic carbocycles. The van der Waals surface area contributed by atoms with Crippen molar-refractivity contribution in [2.24, 2.45) is 0 Å². The highest BCUT2D eigenvalue weighted by Gasteiger charge is 2.30. The lowest BCUT2D eigenvalue weighted by molar-refractivity contribution is -0.121. The van der Waals surface area contributed by atoms with Gasteiger partial charge in [0, 0.05) is 31.1 Å². The number of likely N-dealkylation sites (N-methyl/N-ethyl adjacent to an activating group) is 1. The van der Waals surface area contributed by atoms with Crippen molar-refractivity contribution < 1.29 is 14.3 Å². The van der Waals surface area contributed by atoms with Gasteiger partial charge >= 0.3 is 5.97 Å². The lowest BCUT2D eigenvalue weighted by atomic mass is 9.95. The molecule has 1 aromatic rings. The summed E-state index contributed by atoms with van der Waals surface area (Å²) in [5, 5.41) is 3.71. The Morgan fingerprint density at radius 2 is 1.88 bits per heavy atom. The van der Waals surface area contributed by atoms with Crippen LogP contribution >= 0.6 is 11.3 Å². The molecule has 1 amide bonds. The lowest BCUT2D eigenvalue weighted by Gasteiger charge is -2.35. The van der Waals surface area contributed by atoms with Gasteiger partial charge in [0.25, 0.3) is 0 Å². The number of esters is 1. The van der Waals surface area contributed by atoms with Crippen LogP contribution in [0.25, 0.3) is 0 Å². The number of carbonyl (C=O) groups is 2. The van der Waals surface area contributed by atoms with Gasteiger partial charge in [-0.3, -0.25) is 9.69 Å². The minimum absolute atomic E-state index is 0.0429. The number of carbonyl (C=O) groups excluding carboxylic acids is 2. The molecule has 1 fully saturated rings. The van der Waals surface area contributed by atoms with E-state index in [1.54, 1.807) is 11.3 Å². The molecule has 1 saturated heterocycles. The molecule has 6 nitrogen and oxygen atoms in total. The van der Waals surface area contributed by atoms with Crippen LogP contribution in [0, 0.1) is 0 Å². The minimum Gasteiger partial charge on any atom is -0.462 e. The summed E-state index contributed by atoms with van der Waals surface area (Å²) < 4.78 is 5.26. The quantitative estimate of drug-likeness (QED) is 0.796. The molecule has 26 heavy (non-hydrogen) atoms. The van der Waals surface area contributed by atoms with Crippen LogP contribution in [0.3, 0.4) is 0 Å². The van der Waals surface area contributed by atoms with Crippen molar-refractivity contribution in [3.05, 3.63) is 16.0 Å². The van der Waals surface area contributed by atoms with Crippen molar-refractivity contribution >= 4 is 28.2 Å². The number of nitrogens with one attached hydrogen (secondary N) is 1. The Kier molecular flexibility index (Phi) is 6.32. The zero-order valence-electron chi connectivity index (χ0n) is 16.0. The molecule has 1 aliphatic carbocycles. The number of hydrogen-bond donors (Lipinski definition) is 1. The topological polar surface area (TPSA) is 61.9 Å². The number of nitrogens with zero attached hydrogens (tertiary/aromatic N) is 2. The fraction of sp³-hybridized carbons (Fsp3) is 0.684. The van der Waals surface area contributed by atoms with E-state index in [-0.39, 0.29) is 17.9 Å². The molecule has 0 spiro atoms. The number of ether oxygens (including phenoxy) is 1. The van der Waals surface area contributed by atoms with E-state index in [1.165, 1.54) is 4.88 Å². The molecular formula is C19H29N3O3S. The Bertz CT molecular complexity index is 665. The van der Waals surface area contributed by atoms with Gasteiger partial charge in [-0.25, -0.2) is 4.79 Å².